The van der Waals surface area contributed by atoms with Gasteiger partial charge in [0, 0.05) is 30.9 Å². The molecule has 0 unspecified atom stereocenters. The van der Waals surface area contributed by atoms with Crippen molar-refractivity contribution in [2.24, 2.45) is 0 Å². The summed E-state index contributed by atoms with van der Waals surface area (Å²) in [5, 5.41) is 7.00. The molecule has 0 spiro atoms. The van der Waals surface area contributed by atoms with Gasteiger partial charge in [0.15, 0.2) is 0 Å². The van der Waals surface area contributed by atoms with E-state index in [2.05, 4.69) is 20.4 Å². The number of nitrogens with one attached hydrogen (secondary N) is 1. The Hall–Kier alpha value is -3.48. The van der Waals surface area contributed by atoms with Gasteiger partial charge in [0.1, 0.15) is 6.26 Å². The first kappa shape index (κ1) is 15.1. The lowest BCUT2D eigenvalue weighted by Crippen LogP contribution is -2.25. The molecule has 0 aliphatic rings. The van der Waals surface area contributed by atoms with E-state index >= 15 is 0 Å². The number of oxazole rings is 1. The predicted octanol–water partition coefficient (Wildman–Crippen LogP) is 2.36. The molecule has 4 rings (SSSR count). The van der Waals surface area contributed by atoms with E-state index < -0.39 is 0 Å². The van der Waals surface area contributed by atoms with Crippen molar-refractivity contribution >= 4 is 11.4 Å². The molecular weight excluding hydrogens is 318 g/mol. The first-order chi connectivity index (χ1) is 12.3. The highest BCUT2D eigenvalue weighted by atomic mass is 16.3. The van der Waals surface area contributed by atoms with Crippen molar-refractivity contribution in [2.75, 3.05) is 6.54 Å². The Kier molecular flexibility index (Phi) is 3.96. The summed E-state index contributed by atoms with van der Waals surface area (Å²) in [6.07, 6.45) is 8.68. The maximum absolute atomic E-state index is 12.3. The van der Waals surface area contributed by atoms with Crippen LogP contribution in [-0.4, -0.2) is 32.0 Å². The third-order valence-electron chi connectivity index (χ3n) is 3.81. The van der Waals surface area contributed by atoms with Gasteiger partial charge in [-0.15, -0.1) is 0 Å². The van der Waals surface area contributed by atoms with E-state index in [0.29, 0.717) is 29.9 Å². The molecule has 3 aromatic heterocycles. The molecule has 0 aliphatic carbocycles. The molecule has 0 aliphatic heterocycles. The minimum absolute atomic E-state index is 0.185. The smallest absolute Gasteiger partial charge is 0.255 e. The van der Waals surface area contributed by atoms with E-state index in [1.165, 1.54) is 6.20 Å². The Morgan fingerprint density at radius 1 is 1.20 bits per heavy atom. The summed E-state index contributed by atoms with van der Waals surface area (Å²) in [7, 11) is 0. The van der Waals surface area contributed by atoms with Crippen LogP contribution in [0.25, 0.3) is 17.0 Å². The van der Waals surface area contributed by atoms with Gasteiger partial charge in [-0.05, 0) is 12.1 Å². The fraction of sp³-hybridized carbons (Fsp3) is 0.111. The largest absolute Gasteiger partial charge is 0.444 e. The highest BCUT2D eigenvalue weighted by molar-refractivity contribution is 6.00. The minimum atomic E-state index is -0.185. The van der Waals surface area contributed by atoms with Crippen LogP contribution in [0, 0.1) is 0 Å². The molecule has 7 heteroatoms. The molecule has 0 saturated carbocycles. The van der Waals surface area contributed by atoms with Crippen LogP contribution in [0.1, 0.15) is 16.1 Å². The SMILES string of the molecule is O=C(NCCc1coc(-c2ccccc2)n1)c1cnn2ccncc12. The molecule has 0 radical (unpaired) electrons. The van der Waals surface area contributed by atoms with Crippen molar-refractivity contribution in [3.05, 3.63) is 72.6 Å². The second-order valence-electron chi connectivity index (χ2n) is 5.48. The van der Waals surface area contributed by atoms with Gasteiger partial charge in [-0.2, -0.15) is 5.10 Å². The molecule has 0 fully saturated rings. The maximum atomic E-state index is 12.3. The number of nitrogens with zero attached hydrogens (tertiary/aromatic N) is 4. The average Bonchev–Trinajstić information content (AvgIpc) is 3.29. The number of fused-ring (bicyclic) bond motifs is 1. The second-order valence-corrected chi connectivity index (χ2v) is 5.48. The lowest BCUT2D eigenvalue weighted by molar-refractivity contribution is 0.0955. The second kappa shape index (κ2) is 6.56. The summed E-state index contributed by atoms with van der Waals surface area (Å²) >= 11 is 0. The Bertz CT molecular complexity index is 1010. The van der Waals surface area contributed by atoms with Gasteiger partial charge in [0.05, 0.1) is 29.2 Å². The zero-order valence-electron chi connectivity index (χ0n) is 13.3. The first-order valence-electron chi connectivity index (χ1n) is 7.86. The van der Waals surface area contributed by atoms with Gasteiger partial charge >= 0.3 is 0 Å². The van der Waals surface area contributed by atoms with Crippen LogP contribution in [0.5, 0.6) is 0 Å². The quantitative estimate of drug-likeness (QED) is 0.606. The number of hydrogen-bond donors (Lipinski definition) is 1. The standard InChI is InChI=1S/C18H15N5O2/c24-17(15-10-21-23-9-8-19-11-16(15)23)20-7-6-14-12-25-18(22-14)13-4-2-1-3-5-13/h1-5,8-12H,6-7H2,(H,20,24). The Morgan fingerprint density at radius 3 is 2.96 bits per heavy atom. The third-order valence-corrected chi connectivity index (χ3v) is 3.81. The summed E-state index contributed by atoms with van der Waals surface area (Å²) in [6, 6.07) is 9.70. The summed E-state index contributed by atoms with van der Waals surface area (Å²) in [5.41, 5.74) is 2.89. The van der Waals surface area contributed by atoms with Crippen molar-refractivity contribution in [1.29, 1.82) is 0 Å². The molecule has 0 atom stereocenters. The molecule has 0 bridgehead atoms. The molecule has 1 N–H and O–H groups in total. The molecule has 25 heavy (non-hydrogen) atoms. The summed E-state index contributed by atoms with van der Waals surface area (Å²) in [4.78, 5) is 20.8. The number of carbonyl (C=O) groups is 1. The van der Waals surface area contributed by atoms with Crippen LogP contribution in [0.2, 0.25) is 0 Å². The first-order valence-corrected chi connectivity index (χ1v) is 7.86. The number of benzene rings is 1. The van der Waals surface area contributed by atoms with E-state index in [0.717, 1.165) is 11.3 Å². The van der Waals surface area contributed by atoms with Crippen LogP contribution in [-0.2, 0) is 6.42 Å². The van der Waals surface area contributed by atoms with Crippen LogP contribution in [0.15, 0.2) is 65.8 Å². The van der Waals surface area contributed by atoms with Crippen LogP contribution < -0.4 is 5.32 Å². The zero-order chi connectivity index (χ0) is 17.1. The Balaban J connectivity index is 1.38. The molecule has 3 heterocycles. The van der Waals surface area contributed by atoms with Gasteiger partial charge in [0.2, 0.25) is 5.89 Å². The molecule has 124 valence electrons. The van der Waals surface area contributed by atoms with Gasteiger partial charge in [-0.1, -0.05) is 18.2 Å². The molecule has 4 aromatic rings. The Labute approximate surface area is 143 Å². The molecule has 1 amide bonds. The van der Waals surface area contributed by atoms with Gasteiger partial charge < -0.3 is 9.73 Å². The maximum Gasteiger partial charge on any atom is 0.255 e. The van der Waals surface area contributed by atoms with Crippen LogP contribution in [0.4, 0.5) is 0 Å². The highest BCUT2D eigenvalue weighted by Gasteiger charge is 2.12. The predicted molar refractivity (Wildman–Crippen MR) is 91.0 cm³/mol. The van der Waals surface area contributed by atoms with Crippen LogP contribution >= 0.6 is 0 Å². The van der Waals surface area contributed by atoms with Crippen molar-refractivity contribution in [2.45, 2.75) is 6.42 Å². The zero-order valence-corrected chi connectivity index (χ0v) is 13.3. The third kappa shape index (κ3) is 3.12. The number of rotatable bonds is 5. The molecule has 7 nitrogen and oxygen atoms in total. The number of amides is 1. The van der Waals surface area contributed by atoms with E-state index in [1.807, 2.05) is 30.3 Å². The van der Waals surface area contributed by atoms with Gasteiger partial charge in [-0.25, -0.2) is 9.50 Å². The number of carbonyl (C=O) groups excluding carboxylic acids is 1. The normalized spacial score (nSPS) is 10.9. The van der Waals surface area contributed by atoms with Crippen molar-refractivity contribution in [1.82, 2.24) is 24.9 Å². The van der Waals surface area contributed by atoms with Crippen molar-refractivity contribution < 1.29 is 9.21 Å². The van der Waals surface area contributed by atoms with Crippen molar-refractivity contribution in [3.63, 3.8) is 0 Å². The molecular formula is C18H15N5O2. The van der Waals surface area contributed by atoms with Gasteiger partial charge in [0.25, 0.3) is 5.91 Å². The monoisotopic (exact) mass is 333 g/mol. The summed E-state index contributed by atoms with van der Waals surface area (Å²) < 4.78 is 7.11. The van der Waals surface area contributed by atoms with E-state index in [1.54, 1.807) is 29.4 Å². The fourth-order valence-electron chi connectivity index (χ4n) is 2.54. The summed E-state index contributed by atoms with van der Waals surface area (Å²) in [5.74, 6) is 0.394. The lowest BCUT2D eigenvalue weighted by atomic mass is 10.2. The van der Waals surface area contributed by atoms with Gasteiger partial charge in [-0.3, -0.25) is 9.78 Å². The molecule has 0 saturated heterocycles. The van der Waals surface area contributed by atoms with E-state index in [9.17, 15) is 4.79 Å². The van der Waals surface area contributed by atoms with Crippen molar-refractivity contribution in [3.8, 4) is 11.5 Å². The number of aromatic nitrogens is 4. The summed E-state index contributed by atoms with van der Waals surface area (Å²) in [6.45, 7) is 0.456. The average molecular weight is 333 g/mol. The topological polar surface area (TPSA) is 85.3 Å². The van der Waals surface area contributed by atoms with Crippen LogP contribution in [0.3, 0.4) is 0 Å². The van der Waals surface area contributed by atoms with E-state index in [-0.39, 0.29) is 5.91 Å². The number of hydrogen-bond acceptors (Lipinski definition) is 5. The Morgan fingerprint density at radius 2 is 2.08 bits per heavy atom. The van der Waals surface area contributed by atoms with E-state index in [4.69, 9.17) is 4.42 Å². The molecule has 1 aromatic carbocycles. The lowest BCUT2D eigenvalue weighted by Gasteiger charge is -2.02. The highest BCUT2D eigenvalue weighted by Crippen LogP contribution is 2.18. The minimum Gasteiger partial charge on any atom is -0.444 e. The fourth-order valence-corrected chi connectivity index (χ4v) is 2.54.